The molecule has 1 aliphatic heterocycles. The zero-order valence-corrected chi connectivity index (χ0v) is 14.1. The van der Waals surface area contributed by atoms with Crippen LogP contribution in [0.3, 0.4) is 0 Å². The van der Waals surface area contributed by atoms with Gasteiger partial charge in [0.2, 0.25) is 10.0 Å². The molecule has 2 fully saturated rings. The molecular weight excluding hydrogens is 286 g/mol. The van der Waals surface area contributed by atoms with E-state index in [4.69, 9.17) is 5.73 Å². The Balaban J connectivity index is 1.81. The van der Waals surface area contributed by atoms with Crippen molar-refractivity contribution in [1.29, 1.82) is 0 Å². The van der Waals surface area contributed by atoms with Crippen molar-refractivity contribution in [3.8, 4) is 0 Å². The topological polar surface area (TPSA) is 75.4 Å². The summed E-state index contributed by atoms with van der Waals surface area (Å²) in [4.78, 5) is 0. The van der Waals surface area contributed by atoms with E-state index in [2.05, 4.69) is 5.32 Å². The summed E-state index contributed by atoms with van der Waals surface area (Å²) in [5.74, 6) is 0.879. The number of nitrogens with two attached hydrogens (primary N) is 1. The predicted octanol–water partition coefficient (Wildman–Crippen LogP) is 1.30. The van der Waals surface area contributed by atoms with Crippen molar-refractivity contribution in [1.82, 2.24) is 9.62 Å². The minimum absolute atomic E-state index is 0.281. The third kappa shape index (κ3) is 4.65. The highest BCUT2D eigenvalue weighted by Gasteiger charge is 2.30. The number of hydrogen-bond donors (Lipinski definition) is 2. The summed E-state index contributed by atoms with van der Waals surface area (Å²) in [5.41, 5.74) is 5.88. The van der Waals surface area contributed by atoms with E-state index in [0.29, 0.717) is 37.5 Å². The van der Waals surface area contributed by atoms with Crippen LogP contribution in [-0.2, 0) is 10.0 Å². The molecule has 5 nitrogen and oxygen atoms in total. The average molecular weight is 317 g/mol. The van der Waals surface area contributed by atoms with E-state index in [1.165, 1.54) is 25.7 Å². The molecular formula is C15H31N3O2S. The number of rotatable bonds is 6. The molecule has 1 aliphatic carbocycles. The van der Waals surface area contributed by atoms with Crippen LogP contribution in [0.4, 0.5) is 0 Å². The highest BCUT2D eigenvalue weighted by Crippen LogP contribution is 2.25. The minimum atomic E-state index is -3.02. The number of piperidine rings is 1. The average Bonchev–Trinajstić information content (AvgIpc) is 2.48. The SMILES string of the molecule is CCCS(=O)(=O)N1CCC(NC2CCCCC2CN)CC1. The Kier molecular flexibility index (Phi) is 6.47. The van der Waals surface area contributed by atoms with E-state index in [9.17, 15) is 8.42 Å². The van der Waals surface area contributed by atoms with Crippen molar-refractivity contribution in [3.05, 3.63) is 0 Å². The normalized spacial score (nSPS) is 29.6. The molecule has 2 unspecified atom stereocenters. The lowest BCUT2D eigenvalue weighted by molar-refractivity contribution is 0.210. The summed E-state index contributed by atoms with van der Waals surface area (Å²) < 4.78 is 25.8. The van der Waals surface area contributed by atoms with Gasteiger partial charge in [0.25, 0.3) is 0 Å². The zero-order valence-electron chi connectivity index (χ0n) is 13.3. The van der Waals surface area contributed by atoms with Gasteiger partial charge in [0, 0.05) is 25.2 Å². The second kappa shape index (κ2) is 7.90. The first-order valence-electron chi connectivity index (χ1n) is 8.50. The summed E-state index contributed by atoms with van der Waals surface area (Å²) in [5, 5.41) is 3.76. The Hall–Kier alpha value is -0.170. The number of nitrogens with zero attached hydrogens (tertiary/aromatic N) is 1. The second-order valence-electron chi connectivity index (χ2n) is 6.54. The van der Waals surface area contributed by atoms with Crippen LogP contribution in [-0.4, -0.2) is 50.2 Å². The van der Waals surface area contributed by atoms with Gasteiger partial charge in [-0.2, -0.15) is 0 Å². The maximum Gasteiger partial charge on any atom is 0.214 e. The lowest BCUT2D eigenvalue weighted by atomic mass is 9.83. The summed E-state index contributed by atoms with van der Waals surface area (Å²) in [6.45, 7) is 4.02. The van der Waals surface area contributed by atoms with Crippen molar-refractivity contribution >= 4 is 10.0 Å². The van der Waals surface area contributed by atoms with Crippen LogP contribution < -0.4 is 11.1 Å². The number of sulfonamides is 1. The van der Waals surface area contributed by atoms with Gasteiger partial charge < -0.3 is 11.1 Å². The van der Waals surface area contributed by atoms with Gasteiger partial charge in [-0.3, -0.25) is 0 Å². The molecule has 0 aromatic heterocycles. The predicted molar refractivity (Wildman–Crippen MR) is 86.6 cm³/mol. The third-order valence-electron chi connectivity index (χ3n) is 4.97. The van der Waals surface area contributed by atoms with Crippen LogP contribution in [0.2, 0.25) is 0 Å². The molecule has 2 aliphatic rings. The van der Waals surface area contributed by atoms with E-state index < -0.39 is 10.0 Å². The van der Waals surface area contributed by atoms with Crippen molar-refractivity contribution in [3.63, 3.8) is 0 Å². The minimum Gasteiger partial charge on any atom is -0.330 e. The molecule has 0 amide bonds. The molecule has 6 heteroatoms. The Morgan fingerprint density at radius 2 is 1.81 bits per heavy atom. The van der Waals surface area contributed by atoms with Crippen molar-refractivity contribution in [2.24, 2.45) is 11.7 Å². The smallest absolute Gasteiger partial charge is 0.214 e. The molecule has 1 saturated carbocycles. The first-order valence-corrected chi connectivity index (χ1v) is 10.1. The Morgan fingerprint density at radius 3 is 2.43 bits per heavy atom. The molecule has 1 heterocycles. The van der Waals surface area contributed by atoms with E-state index >= 15 is 0 Å². The monoisotopic (exact) mass is 317 g/mol. The Bertz CT molecular complexity index is 405. The molecule has 2 atom stereocenters. The fourth-order valence-electron chi connectivity index (χ4n) is 3.70. The van der Waals surface area contributed by atoms with Gasteiger partial charge >= 0.3 is 0 Å². The standard InChI is InChI=1S/C15H31N3O2S/c1-2-11-21(19,20)18-9-7-14(8-10-18)17-15-6-4-3-5-13(15)12-16/h13-15,17H,2-12,16H2,1H3. The van der Waals surface area contributed by atoms with Gasteiger partial charge in [-0.15, -0.1) is 0 Å². The van der Waals surface area contributed by atoms with Gasteiger partial charge in [-0.1, -0.05) is 19.8 Å². The second-order valence-corrected chi connectivity index (χ2v) is 8.63. The molecule has 3 N–H and O–H groups in total. The zero-order chi connectivity index (χ0) is 15.3. The van der Waals surface area contributed by atoms with Gasteiger partial charge in [0.15, 0.2) is 0 Å². The summed E-state index contributed by atoms with van der Waals surface area (Å²) in [6.07, 6.45) is 7.59. The number of nitrogens with one attached hydrogen (secondary N) is 1. The molecule has 0 aromatic carbocycles. The van der Waals surface area contributed by atoms with Crippen molar-refractivity contribution < 1.29 is 8.42 Å². The van der Waals surface area contributed by atoms with E-state index in [0.717, 1.165) is 19.4 Å². The van der Waals surface area contributed by atoms with Gasteiger partial charge in [-0.05, 0) is 44.6 Å². The summed E-state index contributed by atoms with van der Waals surface area (Å²) in [7, 11) is -3.02. The van der Waals surface area contributed by atoms with Crippen molar-refractivity contribution in [2.75, 3.05) is 25.4 Å². The van der Waals surface area contributed by atoms with Crippen LogP contribution >= 0.6 is 0 Å². The maximum atomic E-state index is 12.1. The van der Waals surface area contributed by atoms with Crippen LogP contribution in [0.1, 0.15) is 51.9 Å². The number of hydrogen-bond acceptors (Lipinski definition) is 4. The fraction of sp³-hybridized carbons (Fsp3) is 1.00. The fourth-order valence-corrected chi connectivity index (χ4v) is 5.24. The van der Waals surface area contributed by atoms with Crippen LogP contribution in [0.5, 0.6) is 0 Å². The summed E-state index contributed by atoms with van der Waals surface area (Å²) in [6, 6.07) is 0.989. The highest BCUT2D eigenvalue weighted by molar-refractivity contribution is 7.89. The van der Waals surface area contributed by atoms with Gasteiger partial charge in [0.05, 0.1) is 5.75 Å². The molecule has 2 rings (SSSR count). The Labute approximate surface area is 129 Å². The lowest BCUT2D eigenvalue weighted by Crippen LogP contribution is -2.51. The van der Waals surface area contributed by atoms with Crippen LogP contribution in [0, 0.1) is 5.92 Å². The first kappa shape index (κ1) is 17.2. The molecule has 1 saturated heterocycles. The Morgan fingerprint density at radius 1 is 1.14 bits per heavy atom. The maximum absolute atomic E-state index is 12.1. The molecule has 0 radical (unpaired) electrons. The van der Waals surface area contributed by atoms with Crippen LogP contribution in [0.25, 0.3) is 0 Å². The molecule has 21 heavy (non-hydrogen) atoms. The largest absolute Gasteiger partial charge is 0.330 e. The molecule has 124 valence electrons. The van der Waals surface area contributed by atoms with Gasteiger partial charge in [0.1, 0.15) is 0 Å². The molecule has 0 bridgehead atoms. The van der Waals surface area contributed by atoms with E-state index in [1.807, 2.05) is 6.92 Å². The highest BCUT2D eigenvalue weighted by atomic mass is 32.2. The lowest BCUT2D eigenvalue weighted by Gasteiger charge is -2.38. The van der Waals surface area contributed by atoms with E-state index in [1.54, 1.807) is 4.31 Å². The third-order valence-corrected chi connectivity index (χ3v) is 7.05. The summed E-state index contributed by atoms with van der Waals surface area (Å²) >= 11 is 0. The van der Waals surface area contributed by atoms with Gasteiger partial charge in [-0.25, -0.2) is 12.7 Å². The molecule has 0 spiro atoms. The van der Waals surface area contributed by atoms with E-state index in [-0.39, 0.29) is 5.75 Å². The quantitative estimate of drug-likeness (QED) is 0.774. The van der Waals surface area contributed by atoms with Crippen molar-refractivity contribution in [2.45, 2.75) is 64.0 Å². The molecule has 0 aromatic rings. The van der Waals surface area contributed by atoms with Crippen LogP contribution in [0.15, 0.2) is 0 Å². The first-order chi connectivity index (χ1) is 10.1.